The van der Waals surface area contributed by atoms with Gasteiger partial charge in [-0.1, -0.05) is 18.7 Å². The summed E-state index contributed by atoms with van der Waals surface area (Å²) >= 11 is 0. The van der Waals surface area contributed by atoms with E-state index in [0.717, 1.165) is 23.5 Å². The van der Waals surface area contributed by atoms with Crippen LogP contribution in [0.4, 0.5) is 11.5 Å². The maximum absolute atomic E-state index is 12.4. The molecule has 6 nitrogen and oxygen atoms in total. The summed E-state index contributed by atoms with van der Waals surface area (Å²) in [4.78, 5) is 23.8. The minimum atomic E-state index is -0.277. The zero-order valence-electron chi connectivity index (χ0n) is 14.3. The van der Waals surface area contributed by atoms with Crippen molar-refractivity contribution in [2.24, 2.45) is 5.92 Å². The number of benzene rings is 1. The van der Waals surface area contributed by atoms with E-state index in [9.17, 15) is 9.59 Å². The van der Waals surface area contributed by atoms with Crippen molar-refractivity contribution < 1.29 is 9.59 Å². The van der Waals surface area contributed by atoms with Gasteiger partial charge < -0.3 is 10.6 Å². The maximum atomic E-state index is 12.4. The lowest BCUT2D eigenvalue weighted by Gasteiger charge is -2.10. The summed E-state index contributed by atoms with van der Waals surface area (Å²) in [6, 6.07) is 7.23. The molecule has 2 aromatic rings. The molecule has 0 saturated heterocycles. The Hall–Kier alpha value is -2.89. The molecule has 6 heteroatoms. The third-order valence-electron chi connectivity index (χ3n) is 4.15. The molecule has 0 atom stereocenters. The number of rotatable bonds is 7. The molecule has 0 aliphatic heterocycles. The number of anilines is 2. The van der Waals surface area contributed by atoms with Gasteiger partial charge in [0.2, 0.25) is 11.8 Å². The van der Waals surface area contributed by atoms with Crippen LogP contribution in [0.25, 0.3) is 0 Å². The van der Waals surface area contributed by atoms with Crippen molar-refractivity contribution in [3.05, 3.63) is 54.2 Å². The number of aromatic nitrogens is 2. The summed E-state index contributed by atoms with van der Waals surface area (Å²) in [6.45, 7) is 6.22. The largest absolute Gasteiger partial charge is 0.323 e. The van der Waals surface area contributed by atoms with Crippen molar-refractivity contribution in [1.82, 2.24) is 9.78 Å². The third kappa shape index (κ3) is 4.56. The van der Waals surface area contributed by atoms with Gasteiger partial charge in [-0.05, 0) is 49.5 Å². The van der Waals surface area contributed by atoms with Crippen LogP contribution >= 0.6 is 0 Å². The Morgan fingerprint density at radius 3 is 2.88 bits per heavy atom. The minimum absolute atomic E-state index is 0.104. The fraction of sp³-hybridized carbons (Fsp3) is 0.316. The average molecular weight is 338 g/mol. The van der Waals surface area contributed by atoms with Crippen LogP contribution in [0.1, 0.15) is 24.0 Å². The molecule has 1 aliphatic carbocycles. The highest BCUT2D eigenvalue weighted by Crippen LogP contribution is 2.31. The highest BCUT2D eigenvalue weighted by molar-refractivity contribution is 5.99. The van der Waals surface area contributed by atoms with Crippen LogP contribution < -0.4 is 10.6 Å². The molecule has 0 spiro atoms. The first kappa shape index (κ1) is 17.0. The van der Waals surface area contributed by atoms with E-state index in [0.29, 0.717) is 11.6 Å². The summed E-state index contributed by atoms with van der Waals surface area (Å²) < 4.78 is 1.88. The van der Waals surface area contributed by atoms with Gasteiger partial charge in [0, 0.05) is 17.8 Å². The van der Waals surface area contributed by atoms with Crippen LogP contribution in [0.15, 0.2) is 43.1 Å². The Kier molecular flexibility index (Phi) is 4.97. The molecule has 1 aromatic heterocycles. The third-order valence-corrected chi connectivity index (χ3v) is 4.15. The Morgan fingerprint density at radius 1 is 1.36 bits per heavy atom. The van der Waals surface area contributed by atoms with Gasteiger partial charge in [-0.15, -0.1) is 0 Å². The highest BCUT2D eigenvalue weighted by Gasteiger charge is 2.24. The molecule has 0 radical (unpaired) electrons. The average Bonchev–Trinajstić information content (AvgIpc) is 3.34. The standard InChI is InChI=1S/C19H22N4O2/c1-3-17(24)21-16-6-4-5-15(9-16)10-18(25)22-19-13(2)11-20-23(19)12-14-7-8-14/h3-6,9,11,14H,1,7-8,10,12H2,2H3,(H,21,24)(H,22,25). The summed E-state index contributed by atoms with van der Waals surface area (Å²) in [6.07, 6.45) is 5.68. The first-order valence-electron chi connectivity index (χ1n) is 8.40. The van der Waals surface area contributed by atoms with E-state index < -0.39 is 0 Å². The fourth-order valence-electron chi connectivity index (χ4n) is 2.64. The minimum Gasteiger partial charge on any atom is -0.323 e. The molecule has 1 saturated carbocycles. The number of nitrogens with one attached hydrogen (secondary N) is 2. The van der Waals surface area contributed by atoms with E-state index in [4.69, 9.17) is 0 Å². The maximum Gasteiger partial charge on any atom is 0.247 e. The molecule has 2 amide bonds. The first-order valence-corrected chi connectivity index (χ1v) is 8.40. The van der Waals surface area contributed by atoms with Crippen LogP contribution in [-0.2, 0) is 22.6 Å². The molecule has 1 fully saturated rings. The van der Waals surface area contributed by atoms with Crippen LogP contribution in [0, 0.1) is 12.8 Å². The Balaban J connectivity index is 1.64. The number of nitrogens with zero attached hydrogens (tertiary/aromatic N) is 2. The highest BCUT2D eigenvalue weighted by atomic mass is 16.2. The lowest BCUT2D eigenvalue weighted by molar-refractivity contribution is -0.115. The van der Waals surface area contributed by atoms with E-state index in [2.05, 4.69) is 22.3 Å². The monoisotopic (exact) mass is 338 g/mol. The fourth-order valence-corrected chi connectivity index (χ4v) is 2.64. The van der Waals surface area contributed by atoms with E-state index in [-0.39, 0.29) is 18.2 Å². The van der Waals surface area contributed by atoms with Gasteiger partial charge in [0.15, 0.2) is 0 Å². The van der Waals surface area contributed by atoms with Crippen LogP contribution in [0.5, 0.6) is 0 Å². The predicted octanol–water partition coefficient (Wildman–Crippen LogP) is 2.91. The van der Waals surface area contributed by atoms with Gasteiger partial charge in [-0.25, -0.2) is 4.68 Å². The molecule has 1 aliphatic rings. The molecule has 1 heterocycles. The van der Waals surface area contributed by atoms with Gasteiger partial charge in [-0.2, -0.15) is 5.10 Å². The van der Waals surface area contributed by atoms with Crippen molar-refractivity contribution in [1.29, 1.82) is 0 Å². The SMILES string of the molecule is C=CC(=O)Nc1cccc(CC(=O)Nc2c(C)cnn2CC2CC2)c1. The van der Waals surface area contributed by atoms with E-state index >= 15 is 0 Å². The Labute approximate surface area is 146 Å². The molecule has 2 N–H and O–H groups in total. The number of hydrogen-bond donors (Lipinski definition) is 2. The predicted molar refractivity (Wildman–Crippen MR) is 97.3 cm³/mol. The lowest BCUT2D eigenvalue weighted by atomic mass is 10.1. The van der Waals surface area contributed by atoms with Crippen molar-refractivity contribution in [3.8, 4) is 0 Å². The van der Waals surface area contributed by atoms with Crippen LogP contribution in [-0.4, -0.2) is 21.6 Å². The van der Waals surface area contributed by atoms with Gasteiger partial charge >= 0.3 is 0 Å². The smallest absolute Gasteiger partial charge is 0.247 e. The van der Waals surface area contributed by atoms with Gasteiger partial charge in [-0.3, -0.25) is 9.59 Å². The van der Waals surface area contributed by atoms with E-state index in [1.807, 2.05) is 23.7 Å². The summed E-state index contributed by atoms with van der Waals surface area (Å²) in [7, 11) is 0. The molecule has 0 unspecified atom stereocenters. The second kappa shape index (κ2) is 7.34. The van der Waals surface area contributed by atoms with E-state index in [1.165, 1.54) is 18.9 Å². The van der Waals surface area contributed by atoms with Crippen LogP contribution in [0.3, 0.4) is 0 Å². The van der Waals surface area contributed by atoms with Gasteiger partial charge in [0.25, 0.3) is 0 Å². The topological polar surface area (TPSA) is 76.0 Å². The van der Waals surface area contributed by atoms with Crippen molar-refractivity contribution in [2.45, 2.75) is 32.7 Å². The van der Waals surface area contributed by atoms with Gasteiger partial charge in [0.1, 0.15) is 5.82 Å². The Morgan fingerprint density at radius 2 is 2.16 bits per heavy atom. The number of amides is 2. The second-order valence-corrected chi connectivity index (χ2v) is 6.42. The van der Waals surface area contributed by atoms with Crippen molar-refractivity contribution >= 4 is 23.3 Å². The molecule has 0 bridgehead atoms. The molecular formula is C19H22N4O2. The lowest BCUT2D eigenvalue weighted by Crippen LogP contribution is -2.19. The number of carbonyl (C=O) groups is 2. The summed E-state index contributed by atoms with van der Waals surface area (Å²) in [5.74, 6) is 1.07. The zero-order valence-corrected chi connectivity index (χ0v) is 14.3. The number of carbonyl (C=O) groups excluding carboxylic acids is 2. The summed E-state index contributed by atoms with van der Waals surface area (Å²) in [5.41, 5.74) is 2.43. The number of hydrogen-bond acceptors (Lipinski definition) is 3. The molecule has 130 valence electrons. The quantitative estimate of drug-likeness (QED) is 0.762. The van der Waals surface area contributed by atoms with Crippen molar-refractivity contribution in [3.63, 3.8) is 0 Å². The molecule has 25 heavy (non-hydrogen) atoms. The summed E-state index contributed by atoms with van der Waals surface area (Å²) in [5, 5.41) is 10.0. The van der Waals surface area contributed by atoms with Crippen LogP contribution in [0.2, 0.25) is 0 Å². The van der Waals surface area contributed by atoms with E-state index in [1.54, 1.807) is 18.3 Å². The first-order chi connectivity index (χ1) is 12.0. The number of aryl methyl sites for hydroxylation is 1. The van der Waals surface area contributed by atoms with Gasteiger partial charge in [0.05, 0.1) is 12.6 Å². The molecular weight excluding hydrogens is 316 g/mol. The second-order valence-electron chi connectivity index (χ2n) is 6.42. The Bertz CT molecular complexity index is 806. The zero-order chi connectivity index (χ0) is 17.8. The normalized spacial score (nSPS) is 13.3. The van der Waals surface area contributed by atoms with Crippen molar-refractivity contribution in [2.75, 3.05) is 10.6 Å². The molecule has 1 aromatic carbocycles. The molecule has 3 rings (SSSR count).